The summed E-state index contributed by atoms with van der Waals surface area (Å²) in [5.41, 5.74) is 1.96. The van der Waals surface area contributed by atoms with E-state index in [9.17, 15) is 4.79 Å². The summed E-state index contributed by atoms with van der Waals surface area (Å²) in [4.78, 5) is 24.0. The Morgan fingerprint density at radius 2 is 1.83 bits per heavy atom. The third-order valence-electron chi connectivity index (χ3n) is 4.38. The third kappa shape index (κ3) is 3.09. The van der Waals surface area contributed by atoms with Crippen LogP contribution in [0.15, 0.2) is 76.2 Å². The van der Waals surface area contributed by atoms with E-state index in [1.165, 1.54) is 18.0 Å². The van der Waals surface area contributed by atoms with Crippen LogP contribution in [0, 0.1) is 0 Å². The molecule has 0 aliphatic heterocycles. The van der Waals surface area contributed by atoms with Crippen LogP contribution in [-0.2, 0) is 7.05 Å². The quantitative estimate of drug-likeness (QED) is 0.460. The van der Waals surface area contributed by atoms with Gasteiger partial charge in [-0.1, -0.05) is 18.2 Å². The second-order valence-corrected chi connectivity index (χ2v) is 7.16. The Bertz CT molecular complexity index is 1360. The van der Waals surface area contributed by atoms with Gasteiger partial charge >= 0.3 is 0 Å². The number of nitrogens with zero attached hydrogens (tertiary/aromatic N) is 7. The van der Waals surface area contributed by atoms with Gasteiger partial charge in [-0.2, -0.15) is 5.10 Å². The van der Waals surface area contributed by atoms with Gasteiger partial charge in [0, 0.05) is 25.0 Å². The van der Waals surface area contributed by atoms with Crippen LogP contribution in [0.1, 0.15) is 0 Å². The molecule has 4 aromatic heterocycles. The maximum Gasteiger partial charge on any atom is 0.262 e. The minimum absolute atomic E-state index is 0.254. The van der Waals surface area contributed by atoms with Crippen molar-refractivity contribution in [2.75, 3.05) is 0 Å². The molecule has 0 saturated carbocycles. The first-order valence-corrected chi connectivity index (χ1v) is 9.53. The van der Waals surface area contributed by atoms with Crippen LogP contribution in [0.5, 0.6) is 0 Å². The van der Waals surface area contributed by atoms with E-state index < -0.39 is 0 Å². The number of benzene rings is 1. The Balaban J connectivity index is 1.55. The molecule has 0 bridgehead atoms. The Morgan fingerprint density at radius 1 is 1.03 bits per heavy atom. The highest BCUT2D eigenvalue weighted by molar-refractivity contribution is 7.99. The van der Waals surface area contributed by atoms with Crippen molar-refractivity contribution in [1.82, 2.24) is 39.5 Å². The maximum absolute atomic E-state index is 12.5. The monoisotopic (exact) mass is 402 g/mol. The number of aromatic nitrogens is 8. The van der Waals surface area contributed by atoms with Gasteiger partial charge in [-0.05, 0) is 36.0 Å². The van der Waals surface area contributed by atoms with Crippen LogP contribution in [0.2, 0.25) is 0 Å². The lowest BCUT2D eigenvalue weighted by atomic mass is 10.2. The molecule has 10 heteroatoms. The first kappa shape index (κ1) is 17.3. The summed E-state index contributed by atoms with van der Waals surface area (Å²) in [6.45, 7) is 0. The van der Waals surface area contributed by atoms with Crippen molar-refractivity contribution in [3.05, 3.63) is 71.4 Å². The summed E-state index contributed by atoms with van der Waals surface area (Å²) in [5, 5.41) is 14.2. The summed E-state index contributed by atoms with van der Waals surface area (Å²) in [7, 11) is 1.86. The average Bonchev–Trinajstić information content (AvgIpc) is 3.34. The first-order chi connectivity index (χ1) is 14.2. The van der Waals surface area contributed by atoms with E-state index in [0.29, 0.717) is 27.2 Å². The van der Waals surface area contributed by atoms with Gasteiger partial charge in [-0.15, -0.1) is 10.2 Å². The number of fused-ring (bicyclic) bond motifs is 1. The predicted molar refractivity (Wildman–Crippen MR) is 108 cm³/mol. The van der Waals surface area contributed by atoms with Crippen molar-refractivity contribution in [3.63, 3.8) is 0 Å². The Morgan fingerprint density at radius 3 is 2.62 bits per heavy atom. The van der Waals surface area contributed by atoms with E-state index in [1.807, 2.05) is 54.1 Å². The number of aromatic amines is 1. The topological polar surface area (TPSA) is 107 Å². The second kappa shape index (κ2) is 6.99. The van der Waals surface area contributed by atoms with Gasteiger partial charge in [0.1, 0.15) is 5.39 Å². The van der Waals surface area contributed by atoms with Crippen LogP contribution in [0.25, 0.3) is 28.1 Å². The highest BCUT2D eigenvalue weighted by Crippen LogP contribution is 2.26. The van der Waals surface area contributed by atoms with Crippen molar-refractivity contribution >= 4 is 22.8 Å². The summed E-state index contributed by atoms with van der Waals surface area (Å²) in [5.74, 6) is 0.702. The van der Waals surface area contributed by atoms with Gasteiger partial charge in [-0.25, -0.2) is 9.67 Å². The maximum atomic E-state index is 12.5. The zero-order valence-corrected chi connectivity index (χ0v) is 16.0. The van der Waals surface area contributed by atoms with Gasteiger partial charge in [0.2, 0.25) is 0 Å². The largest absolute Gasteiger partial charge is 0.305 e. The molecule has 0 fully saturated rings. The smallest absolute Gasteiger partial charge is 0.262 e. The fraction of sp³-hybridized carbons (Fsp3) is 0.0526. The fourth-order valence-corrected chi connectivity index (χ4v) is 3.70. The van der Waals surface area contributed by atoms with Gasteiger partial charge < -0.3 is 9.55 Å². The van der Waals surface area contributed by atoms with Crippen molar-refractivity contribution in [2.45, 2.75) is 10.3 Å². The van der Waals surface area contributed by atoms with Crippen molar-refractivity contribution in [1.29, 1.82) is 0 Å². The zero-order chi connectivity index (χ0) is 19.8. The number of H-pyrrole nitrogens is 1. The van der Waals surface area contributed by atoms with Crippen LogP contribution in [-0.4, -0.2) is 39.5 Å². The fourth-order valence-electron chi connectivity index (χ4n) is 2.95. The molecule has 142 valence electrons. The second-order valence-electron chi connectivity index (χ2n) is 6.20. The van der Waals surface area contributed by atoms with E-state index in [1.54, 1.807) is 17.1 Å². The van der Waals surface area contributed by atoms with Crippen molar-refractivity contribution < 1.29 is 0 Å². The van der Waals surface area contributed by atoms with E-state index in [4.69, 9.17) is 0 Å². The molecule has 0 amide bonds. The van der Waals surface area contributed by atoms with Gasteiger partial charge in [0.25, 0.3) is 5.56 Å². The van der Waals surface area contributed by atoms with Crippen LogP contribution in [0.4, 0.5) is 0 Å². The number of pyridine rings is 1. The minimum atomic E-state index is -0.254. The molecule has 4 heterocycles. The van der Waals surface area contributed by atoms with Crippen LogP contribution < -0.4 is 5.56 Å². The molecule has 5 rings (SSSR count). The number of rotatable bonds is 4. The predicted octanol–water partition coefficient (Wildman–Crippen LogP) is 2.45. The third-order valence-corrected chi connectivity index (χ3v) is 5.30. The van der Waals surface area contributed by atoms with E-state index in [2.05, 4.69) is 30.2 Å². The average molecular weight is 402 g/mol. The van der Waals surface area contributed by atoms with E-state index >= 15 is 0 Å². The zero-order valence-electron chi connectivity index (χ0n) is 15.2. The Hall–Kier alpha value is -3.79. The van der Waals surface area contributed by atoms with Crippen LogP contribution >= 0.6 is 11.8 Å². The minimum Gasteiger partial charge on any atom is -0.305 e. The molecule has 0 saturated heterocycles. The van der Waals surface area contributed by atoms with Gasteiger partial charge in [0.05, 0.1) is 11.9 Å². The van der Waals surface area contributed by atoms with Crippen molar-refractivity contribution in [3.8, 4) is 17.1 Å². The molecule has 0 aliphatic rings. The lowest BCUT2D eigenvalue weighted by Gasteiger charge is -2.05. The number of para-hydroxylation sites is 1. The lowest BCUT2D eigenvalue weighted by Crippen LogP contribution is -2.10. The molecular formula is C19H14N8OS. The Kier molecular flexibility index (Phi) is 4.17. The first-order valence-electron chi connectivity index (χ1n) is 8.72. The van der Waals surface area contributed by atoms with E-state index in [0.717, 1.165) is 11.3 Å². The molecule has 0 spiro atoms. The van der Waals surface area contributed by atoms with Crippen LogP contribution in [0.3, 0.4) is 0 Å². The molecule has 1 aromatic carbocycles. The number of hydrogen-bond donors (Lipinski definition) is 1. The highest BCUT2D eigenvalue weighted by Gasteiger charge is 2.16. The standard InChI is InChI=1S/C19H14N8OS/c1-26-15(12-7-9-20-10-8-12)24-25-19(26)29-18-22-16-14(17(28)23-18)11-21-27(16)13-5-3-2-4-6-13/h2-11H,1H3,(H,22,23,28). The molecule has 0 radical (unpaired) electrons. The summed E-state index contributed by atoms with van der Waals surface area (Å²) >= 11 is 1.23. The summed E-state index contributed by atoms with van der Waals surface area (Å²) in [6, 6.07) is 13.3. The molecular weight excluding hydrogens is 388 g/mol. The molecule has 1 N–H and O–H groups in total. The molecule has 5 aromatic rings. The Labute approximate surface area is 168 Å². The normalized spacial score (nSPS) is 11.2. The molecule has 29 heavy (non-hydrogen) atoms. The number of hydrogen-bond acceptors (Lipinski definition) is 7. The summed E-state index contributed by atoms with van der Waals surface area (Å²) < 4.78 is 3.49. The molecule has 9 nitrogen and oxygen atoms in total. The van der Waals surface area contributed by atoms with Crippen molar-refractivity contribution in [2.24, 2.45) is 7.05 Å². The molecule has 0 aliphatic carbocycles. The SMILES string of the molecule is Cn1c(Sc2nc3c(cnn3-c3ccccc3)c(=O)[nH]2)nnc1-c1ccncc1. The lowest BCUT2D eigenvalue weighted by molar-refractivity contribution is 0.788. The molecule has 0 unspecified atom stereocenters. The van der Waals surface area contributed by atoms with Gasteiger partial charge in [-0.3, -0.25) is 9.78 Å². The molecule has 0 atom stereocenters. The van der Waals surface area contributed by atoms with E-state index in [-0.39, 0.29) is 5.56 Å². The van der Waals surface area contributed by atoms with Gasteiger partial charge in [0.15, 0.2) is 21.8 Å². The summed E-state index contributed by atoms with van der Waals surface area (Å²) in [6.07, 6.45) is 4.93. The highest BCUT2D eigenvalue weighted by atomic mass is 32.2. The number of nitrogens with one attached hydrogen (secondary N) is 1.